The number of ketones is 1. The molecule has 0 saturated heterocycles. The zero-order valence-electron chi connectivity index (χ0n) is 6.84. The first-order valence-corrected chi connectivity index (χ1v) is 3.85. The molecule has 0 aromatic carbocycles. The van der Waals surface area contributed by atoms with Gasteiger partial charge >= 0.3 is 0 Å². The normalized spacial score (nSPS) is 10.5. The van der Waals surface area contributed by atoms with Crippen molar-refractivity contribution in [2.24, 2.45) is 5.73 Å². The number of nitrogens with zero attached hydrogens (tertiary/aromatic N) is 3. The Bertz CT molecular complexity index is 448. The van der Waals surface area contributed by atoms with Crippen LogP contribution in [-0.2, 0) is 0 Å². The summed E-state index contributed by atoms with van der Waals surface area (Å²) in [5.41, 5.74) is 6.51. The highest BCUT2D eigenvalue weighted by Gasteiger charge is 2.08. The molecule has 5 nitrogen and oxygen atoms in total. The van der Waals surface area contributed by atoms with E-state index in [1.54, 1.807) is 18.3 Å². The summed E-state index contributed by atoms with van der Waals surface area (Å²) < 4.78 is 1.48. The Hall–Kier alpha value is -1.75. The number of fused-ring (bicyclic) bond motifs is 1. The predicted molar refractivity (Wildman–Crippen MR) is 46.4 cm³/mol. The van der Waals surface area contributed by atoms with Crippen LogP contribution < -0.4 is 5.73 Å². The largest absolute Gasteiger partial charge is 0.324 e. The molecule has 0 fully saturated rings. The highest BCUT2D eigenvalue weighted by atomic mass is 16.1. The number of nitrogens with two attached hydrogens (primary N) is 1. The van der Waals surface area contributed by atoms with Gasteiger partial charge in [0.2, 0.25) is 0 Å². The van der Waals surface area contributed by atoms with Crippen molar-refractivity contribution in [2.45, 2.75) is 0 Å². The van der Waals surface area contributed by atoms with E-state index in [9.17, 15) is 4.79 Å². The van der Waals surface area contributed by atoms with Gasteiger partial charge in [0.1, 0.15) is 5.69 Å². The molecular formula is C8H8N4O. The summed E-state index contributed by atoms with van der Waals surface area (Å²) >= 11 is 0. The van der Waals surface area contributed by atoms with Crippen molar-refractivity contribution >= 4 is 11.3 Å². The molecule has 2 rings (SSSR count). The first kappa shape index (κ1) is 7.88. The average molecular weight is 176 g/mol. The molecule has 2 N–H and O–H groups in total. The molecule has 5 heteroatoms. The van der Waals surface area contributed by atoms with Crippen molar-refractivity contribution in [3.05, 3.63) is 30.1 Å². The third-order valence-electron chi connectivity index (χ3n) is 1.80. The SMILES string of the molecule is NCC(=O)c1cccc2cnnn12. The quantitative estimate of drug-likeness (QED) is 0.647. The Labute approximate surface area is 74.2 Å². The minimum absolute atomic E-state index is 0.0149. The highest BCUT2D eigenvalue weighted by molar-refractivity contribution is 5.96. The summed E-state index contributed by atoms with van der Waals surface area (Å²) in [5.74, 6) is -0.142. The number of carbonyl (C=O) groups excluding carboxylic acids is 1. The Kier molecular flexibility index (Phi) is 1.79. The molecular weight excluding hydrogens is 168 g/mol. The fourth-order valence-corrected chi connectivity index (χ4v) is 1.17. The van der Waals surface area contributed by atoms with Gasteiger partial charge in [0.15, 0.2) is 5.78 Å². The van der Waals surface area contributed by atoms with Gasteiger partial charge in [-0.2, -0.15) is 0 Å². The first-order chi connectivity index (χ1) is 6.33. The van der Waals surface area contributed by atoms with Gasteiger partial charge in [-0.25, -0.2) is 4.52 Å². The summed E-state index contributed by atoms with van der Waals surface area (Å²) in [5, 5.41) is 7.48. The maximum atomic E-state index is 11.3. The van der Waals surface area contributed by atoms with Gasteiger partial charge in [-0.05, 0) is 12.1 Å². The molecule has 0 aliphatic heterocycles. The molecule has 0 bridgehead atoms. The molecule has 0 spiro atoms. The molecule has 0 unspecified atom stereocenters. The van der Waals surface area contributed by atoms with Gasteiger partial charge in [-0.3, -0.25) is 4.79 Å². The van der Waals surface area contributed by atoms with Crippen LogP contribution in [0.2, 0.25) is 0 Å². The molecule has 13 heavy (non-hydrogen) atoms. The van der Waals surface area contributed by atoms with Crippen LogP contribution in [0.5, 0.6) is 0 Å². The lowest BCUT2D eigenvalue weighted by molar-refractivity contribution is 0.0994. The number of hydrogen-bond donors (Lipinski definition) is 1. The molecule has 2 heterocycles. The van der Waals surface area contributed by atoms with Crippen molar-refractivity contribution < 1.29 is 4.79 Å². The zero-order chi connectivity index (χ0) is 9.26. The van der Waals surface area contributed by atoms with Crippen molar-refractivity contribution in [3.63, 3.8) is 0 Å². The summed E-state index contributed by atoms with van der Waals surface area (Å²) in [6.45, 7) is -0.0149. The fourth-order valence-electron chi connectivity index (χ4n) is 1.17. The maximum absolute atomic E-state index is 11.3. The standard InChI is InChI=1S/C8H8N4O/c9-4-8(13)7-3-1-2-6-5-10-11-12(6)7/h1-3,5H,4,9H2. The minimum Gasteiger partial charge on any atom is -0.324 e. The van der Waals surface area contributed by atoms with Gasteiger partial charge in [0, 0.05) is 0 Å². The van der Waals surface area contributed by atoms with E-state index >= 15 is 0 Å². The lowest BCUT2D eigenvalue weighted by atomic mass is 10.2. The van der Waals surface area contributed by atoms with E-state index < -0.39 is 0 Å². The second-order valence-corrected chi connectivity index (χ2v) is 2.61. The zero-order valence-corrected chi connectivity index (χ0v) is 6.84. The fraction of sp³-hybridized carbons (Fsp3) is 0.125. The summed E-state index contributed by atoms with van der Waals surface area (Å²) in [4.78, 5) is 11.3. The van der Waals surface area contributed by atoms with Crippen molar-refractivity contribution in [1.29, 1.82) is 0 Å². The maximum Gasteiger partial charge on any atom is 0.194 e. The third-order valence-corrected chi connectivity index (χ3v) is 1.80. The van der Waals surface area contributed by atoms with E-state index in [2.05, 4.69) is 10.3 Å². The minimum atomic E-state index is -0.142. The molecule has 2 aromatic heterocycles. The topological polar surface area (TPSA) is 73.3 Å². The van der Waals surface area contributed by atoms with Crippen LogP contribution in [-0.4, -0.2) is 27.2 Å². The summed E-state index contributed by atoms with van der Waals surface area (Å²) in [6.07, 6.45) is 1.59. The van der Waals surface area contributed by atoms with Crippen LogP contribution in [0.25, 0.3) is 5.52 Å². The van der Waals surface area contributed by atoms with Crippen LogP contribution >= 0.6 is 0 Å². The second kappa shape index (κ2) is 2.95. The smallest absolute Gasteiger partial charge is 0.194 e. The molecule has 0 atom stereocenters. The number of pyridine rings is 1. The molecule has 0 aliphatic rings. The van der Waals surface area contributed by atoms with E-state index in [0.29, 0.717) is 5.69 Å². The van der Waals surface area contributed by atoms with E-state index in [0.717, 1.165) is 5.52 Å². The highest BCUT2D eigenvalue weighted by Crippen LogP contribution is 2.04. The third kappa shape index (κ3) is 1.19. The Morgan fingerprint density at radius 3 is 3.15 bits per heavy atom. The van der Waals surface area contributed by atoms with Crippen LogP contribution in [0, 0.1) is 0 Å². The lowest BCUT2D eigenvalue weighted by Gasteiger charge is -1.99. The van der Waals surface area contributed by atoms with E-state index in [-0.39, 0.29) is 12.3 Å². The van der Waals surface area contributed by atoms with Gasteiger partial charge < -0.3 is 5.73 Å². The van der Waals surface area contributed by atoms with Crippen LogP contribution in [0.4, 0.5) is 0 Å². The summed E-state index contributed by atoms with van der Waals surface area (Å²) in [7, 11) is 0. The molecule has 0 amide bonds. The number of aromatic nitrogens is 3. The lowest BCUT2D eigenvalue weighted by Crippen LogP contribution is -2.17. The van der Waals surface area contributed by atoms with Crippen molar-refractivity contribution in [2.75, 3.05) is 6.54 Å². The number of rotatable bonds is 2. The first-order valence-electron chi connectivity index (χ1n) is 3.85. The van der Waals surface area contributed by atoms with Gasteiger partial charge in [-0.15, -0.1) is 5.10 Å². The van der Waals surface area contributed by atoms with E-state index in [4.69, 9.17) is 5.73 Å². The van der Waals surface area contributed by atoms with E-state index in [1.807, 2.05) is 6.07 Å². The molecule has 0 saturated carbocycles. The average Bonchev–Trinajstić information content (AvgIpc) is 2.63. The van der Waals surface area contributed by atoms with Crippen LogP contribution in [0.3, 0.4) is 0 Å². The predicted octanol–water partition coefficient (Wildman–Crippen LogP) is -0.129. The van der Waals surface area contributed by atoms with Crippen molar-refractivity contribution in [1.82, 2.24) is 14.8 Å². The van der Waals surface area contributed by atoms with Gasteiger partial charge in [0.05, 0.1) is 18.3 Å². The summed E-state index contributed by atoms with van der Waals surface area (Å²) in [6, 6.07) is 5.28. The monoisotopic (exact) mass is 176 g/mol. The number of carbonyl (C=O) groups is 1. The number of Topliss-reactive ketones (excluding diaryl/α,β-unsaturated/α-hetero) is 1. The number of hydrogen-bond acceptors (Lipinski definition) is 4. The molecule has 0 radical (unpaired) electrons. The van der Waals surface area contributed by atoms with Gasteiger partial charge in [0.25, 0.3) is 0 Å². The van der Waals surface area contributed by atoms with Crippen LogP contribution in [0.15, 0.2) is 24.4 Å². The molecule has 0 aliphatic carbocycles. The Balaban J connectivity index is 2.67. The van der Waals surface area contributed by atoms with Crippen LogP contribution in [0.1, 0.15) is 10.5 Å². The van der Waals surface area contributed by atoms with Crippen molar-refractivity contribution in [3.8, 4) is 0 Å². The van der Waals surface area contributed by atoms with E-state index in [1.165, 1.54) is 4.52 Å². The Morgan fingerprint density at radius 1 is 1.54 bits per heavy atom. The second-order valence-electron chi connectivity index (χ2n) is 2.61. The Morgan fingerprint density at radius 2 is 2.38 bits per heavy atom. The van der Waals surface area contributed by atoms with Gasteiger partial charge in [-0.1, -0.05) is 11.3 Å². The molecule has 2 aromatic rings. The molecule has 66 valence electrons.